The van der Waals surface area contributed by atoms with Gasteiger partial charge in [0, 0.05) is 18.7 Å². The van der Waals surface area contributed by atoms with E-state index in [1.54, 1.807) is 12.1 Å². The molecule has 0 aliphatic carbocycles. The molecule has 3 rings (SSSR count). The van der Waals surface area contributed by atoms with Crippen LogP contribution in [0.2, 0.25) is 0 Å². The molecule has 6 nitrogen and oxygen atoms in total. The maximum Gasteiger partial charge on any atom is 0.319 e. The maximum absolute atomic E-state index is 12.1. The number of benzene rings is 2. The first kappa shape index (κ1) is 17.9. The molecule has 1 aromatic heterocycles. The van der Waals surface area contributed by atoms with Gasteiger partial charge in [-0.25, -0.2) is 9.78 Å². The summed E-state index contributed by atoms with van der Waals surface area (Å²) in [6.45, 7) is 4.29. The van der Waals surface area contributed by atoms with E-state index in [1.165, 1.54) is 16.9 Å². The van der Waals surface area contributed by atoms with Crippen LogP contribution >= 0.6 is 11.3 Å². The van der Waals surface area contributed by atoms with Crippen LogP contribution in [-0.2, 0) is 4.79 Å². The van der Waals surface area contributed by atoms with Crippen LogP contribution in [0.25, 0.3) is 10.2 Å². The third kappa shape index (κ3) is 4.58. The summed E-state index contributed by atoms with van der Waals surface area (Å²) in [6, 6.07) is 12.9. The molecule has 0 atom stereocenters. The molecule has 3 amide bonds. The molecular weight excluding hydrogens is 348 g/mol. The van der Waals surface area contributed by atoms with Crippen molar-refractivity contribution in [1.82, 2.24) is 10.3 Å². The second kappa shape index (κ2) is 7.97. The molecule has 2 aromatic carbocycles. The molecular formula is C19H20N4O2S. The minimum absolute atomic E-state index is 0.177. The lowest BCUT2D eigenvalue weighted by Crippen LogP contribution is -2.31. The summed E-state index contributed by atoms with van der Waals surface area (Å²) in [5.74, 6) is -0.182. The monoisotopic (exact) mass is 368 g/mol. The van der Waals surface area contributed by atoms with Gasteiger partial charge in [0.15, 0.2) is 5.13 Å². The third-order valence-electron chi connectivity index (χ3n) is 3.75. The van der Waals surface area contributed by atoms with E-state index in [1.807, 2.05) is 32.0 Å². The lowest BCUT2D eigenvalue weighted by molar-refractivity contribution is -0.116. The van der Waals surface area contributed by atoms with E-state index in [4.69, 9.17) is 0 Å². The number of aryl methyl sites for hydroxylation is 2. The van der Waals surface area contributed by atoms with Crippen LogP contribution in [0.4, 0.5) is 15.6 Å². The molecule has 0 radical (unpaired) electrons. The highest BCUT2D eigenvalue weighted by Crippen LogP contribution is 2.29. The summed E-state index contributed by atoms with van der Waals surface area (Å²) in [6.07, 6.45) is 0.177. The topological polar surface area (TPSA) is 83.1 Å². The van der Waals surface area contributed by atoms with Gasteiger partial charge < -0.3 is 16.0 Å². The molecule has 0 saturated carbocycles. The Morgan fingerprint density at radius 1 is 1.08 bits per heavy atom. The average Bonchev–Trinajstić information content (AvgIpc) is 2.98. The number of fused-ring (bicyclic) bond motifs is 1. The molecule has 134 valence electrons. The van der Waals surface area contributed by atoms with Crippen LogP contribution in [0.3, 0.4) is 0 Å². The quantitative estimate of drug-likeness (QED) is 0.635. The van der Waals surface area contributed by atoms with Crippen molar-refractivity contribution in [3.63, 3.8) is 0 Å². The van der Waals surface area contributed by atoms with Crippen LogP contribution < -0.4 is 16.0 Å². The van der Waals surface area contributed by atoms with Gasteiger partial charge in [-0.15, -0.1) is 0 Å². The number of aromatic nitrogens is 1. The first-order chi connectivity index (χ1) is 12.5. The number of nitrogens with one attached hydrogen (secondary N) is 3. The number of carbonyl (C=O) groups excluding carboxylic acids is 2. The number of urea groups is 1. The fourth-order valence-corrected chi connectivity index (χ4v) is 3.65. The molecule has 3 aromatic rings. The Balaban J connectivity index is 1.48. The predicted octanol–water partition coefficient (Wildman–Crippen LogP) is 4.06. The molecule has 0 aliphatic rings. The highest BCUT2D eigenvalue weighted by atomic mass is 32.1. The van der Waals surface area contributed by atoms with Gasteiger partial charge in [0.25, 0.3) is 0 Å². The van der Waals surface area contributed by atoms with Crippen molar-refractivity contribution >= 4 is 44.3 Å². The van der Waals surface area contributed by atoms with Crippen LogP contribution in [-0.4, -0.2) is 23.5 Å². The van der Waals surface area contributed by atoms with E-state index < -0.39 is 0 Å². The van der Waals surface area contributed by atoms with Crippen LogP contribution in [0.5, 0.6) is 0 Å². The number of anilines is 2. The Bertz CT molecular complexity index is 937. The summed E-state index contributed by atoms with van der Waals surface area (Å²) in [7, 11) is 0. The van der Waals surface area contributed by atoms with Crippen molar-refractivity contribution in [2.75, 3.05) is 17.2 Å². The van der Waals surface area contributed by atoms with Crippen molar-refractivity contribution in [1.29, 1.82) is 0 Å². The Kier molecular flexibility index (Phi) is 5.48. The van der Waals surface area contributed by atoms with Gasteiger partial charge >= 0.3 is 6.03 Å². The fraction of sp³-hybridized carbons (Fsp3) is 0.211. The number of rotatable bonds is 5. The smallest absolute Gasteiger partial charge is 0.319 e. The average molecular weight is 368 g/mol. The minimum atomic E-state index is -0.338. The second-order valence-electron chi connectivity index (χ2n) is 5.99. The largest absolute Gasteiger partial charge is 0.337 e. The highest BCUT2D eigenvalue weighted by molar-refractivity contribution is 7.22. The van der Waals surface area contributed by atoms with Gasteiger partial charge in [-0.2, -0.15) is 0 Å². The van der Waals surface area contributed by atoms with Crippen molar-refractivity contribution in [2.24, 2.45) is 0 Å². The Morgan fingerprint density at radius 2 is 1.85 bits per heavy atom. The molecule has 3 N–H and O–H groups in total. The SMILES string of the molecule is Cc1cc(C)c2nc(NC(=O)CCNC(=O)Nc3ccccc3)sc2c1. The number of hydrogen-bond donors (Lipinski definition) is 3. The predicted molar refractivity (Wildman–Crippen MR) is 106 cm³/mol. The molecule has 7 heteroatoms. The molecule has 0 saturated heterocycles. The first-order valence-corrected chi connectivity index (χ1v) is 9.10. The summed E-state index contributed by atoms with van der Waals surface area (Å²) in [5, 5.41) is 8.74. The van der Waals surface area contributed by atoms with Gasteiger partial charge in [0.1, 0.15) is 0 Å². The van der Waals surface area contributed by atoms with Crippen molar-refractivity contribution < 1.29 is 9.59 Å². The van der Waals surface area contributed by atoms with Crippen molar-refractivity contribution in [3.8, 4) is 0 Å². The number of hydrogen-bond acceptors (Lipinski definition) is 4. The zero-order chi connectivity index (χ0) is 18.5. The zero-order valence-electron chi connectivity index (χ0n) is 14.6. The van der Waals surface area contributed by atoms with Crippen molar-refractivity contribution in [2.45, 2.75) is 20.3 Å². The van der Waals surface area contributed by atoms with E-state index in [0.717, 1.165) is 15.8 Å². The molecule has 1 heterocycles. The maximum atomic E-state index is 12.1. The van der Waals surface area contributed by atoms with Crippen LogP contribution in [0.15, 0.2) is 42.5 Å². The lowest BCUT2D eigenvalue weighted by atomic mass is 10.1. The first-order valence-electron chi connectivity index (χ1n) is 8.29. The van der Waals surface area contributed by atoms with Gasteiger partial charge in [0.2, 0.25) is 5.91 Å². The molecule has 0 spiro atoms. The lowest BCUT2D eigenvalue weighted by Gasteiger charge is -2.07. The summed E-state index contributed by atoms with van der Waals surface area (Å²) in [5.41, 5.74) is 3.88. The van der Waals surface area contributed by atoms with Gasteiger partial charge in [-0.3, -0.25) is 4.79 Å². The van der Waals surface area contributed by atoms with Crippen molar-refractivity contribution in [3.05, 3.63) is 53.6 Å². The second-order valence-corrected chi connectivity index (χ2v) is 7.02. The number of carbonyl (C=O) groups is 2. The Hall–Kier alpha value is -2.93. The van der Waals surface area contributed by atoms with Crippen LogP contribution in [0, 0.1) is 13.8 Å². The Labute approximate surface area is 155 Å². The van der Waals surface area contributed by atoms with E-state index in [2.05, 4.69) is 33.1 Å². The highest BCUT2D eigenvalue weighted by Gasteiger charge is 2.10. The van der Waals surface area contributed by atoms with E-state index in [-0.39, 0.29) is 24.9 Å². The number of nitrogens with zero attached hydrogens (tertiary/aromatic N) is 1. The molecule has 0 unspecified atom stereocenters. The van der Waals surface area contributed by atoms with E-state index in [0.29, 0.717) is 10.8 Å². The third-order valence-corrected chi connectivity index (χ3v) is 4.66. The molecule has 0 fully saturated rings. The summed E-state index contributed by atoms with van der Waals surface area (Å²) in [4.78, 5) is 28.3. The standard InChI is InChI=1S/C19H20N4O2S/c1-12-10-13(2)17-15(11-12)26-19(23-17)22-16(24)8-9-20-18(25)21-14-6-4-3-5-7-14/h3-7,10-11H,8-9H2,1-2H3,(H2,20,21,25)(H,22,23,24). The fourth-order valence-electron chi connectivity index (χ4n) is 2.59. The van der Waals surface area contributed by atoms with E-state index in [9.17, 15) is 9.59 Å². The van der Waals surface area contributed by atoms with Crippen LogP contribution in [0.1, 0.15) is 17.5 Å². The molecule has 26 heavy (non-hydrogen) atoms. The zero-order valence-corrected chi connectivity index (χ0v) is 15.4. The van der Waals surface area contributed by atoms with E-state index >= 15 is 0 Å². The van der Waals surface area contributed by atoms with Gasteiger partial charge in [-0.05, 0) is 43.2 Å². The minimum Gasteiger partial charge on any atom is -0.337 e. The molecule has 0 aliphatic heterocycles. The summed E-state index contributed by atoms with van der Waals surface area (Å²) >= 11 is 1.45. The van der Waals surface area contributed by atoms with Gasteiger partial charge in [0.05, 0.1) is 10.2 Å². The Morgan fingerprint density at radius 3 is 2.62 bits per heavy atom. The number of thiazole rings is 1. The summed E-state index contributed by atoms with van der Waals surface area (Å²) < 4.78 is 1.05. The number of amides is 3. The molecule has 0 bridgehead atoms. The van der Waals surface area contributed by atoms with Gasteiger partial charge in [-0.1, -0.05) is 35.6 Å². The number of para-hydroxylation sites is 1. The normalized spacial score (nSPS) is 10.5.